The Balaban J connectivity index is 1.98. The fraction of sp³-hybridized carbons (Fsp3) is 0.250. The monoisotopic (exact) mass is 319 g/mol. The number of nitrogens with one attached hydrogen (secondary N) is 1. The zero-order chi connectivity index (χ0) is 13.8. The van der Waals surface area contributed by atoms with Crippen LogP contribution in [0.3, 0.4) is 0 Å². The molecule has 0 aromatic heterocycles. The zero-order valence-electron chi connectivity index (χ0n) is 11.2. The predicted molar refractivity (Wildman–Crippen MR) is 83.8 cm³/mol. The van der Waals surface area contributed by atoms with Gasteiger partial charge in [0, 0.05) is 16.2 Å². The minimum atomic E-state index is 0.313. The number of phenolic OH excluding ortho intramolecular Hbond substituents is 1. The van der Waals surface area contributed by atoms with Gasteiger partial charge in [-0.3, -0.25) is 0 Å². The topological polar surface area (TPSA) is 32.3 Å². The lowest BCUT2D eigenvalue weighted by Gasteiger charge is -2.16. The average molecular weight is 320 g/mol. The smallest absolute Gasteiger partial charge is 0.115 e. The van der Waals surface area contributed by atoms with Gasteiger partial charge in [0.25, 0.3) is 0 Å². The van der Waals surface area contributed by atoms with Crippen molar-refractivity contribution in [3.05, 3.63) is 58.1 Å². The number of rotatable bonds is 4. The van der Waals surface area contributed by atoms with Crippen LogP contribution in [0.4, 0.5) is 5.69 Å². The highest BCUT2D eigenvalue weighted by Gasteiger charge is 2.05. The summed E-state index contributed by atoms with van der Waals surface area (Å²) in [6, 6.07) is 14.0. The summed E-state index contributed by atoms with van der Waals surface area (Å²) < 4.78 is 1.13. The second-order valence-corrected chi connectivity index (χ2v) is 5.73. The number of aromatic hydroxyl groups is 1. The average Bonchev–Trinajstić information content (AvgIpc) is 2.37. The molecule has 0 aliphatic rings. The Kier molecular flexibility index (Phi) is 4.48. The summed E-state index contributed by atoms with van der Waals surface area (Å²) in [5.41, 5.74) is 3.57. The van der Waals surface area contributed by atoms with Gasteiger partial charge in [-0.1, -0.05) is 28.1 Å². The SMILES string of the molecule is Cc1cc(NC(C)Cc2ccc(O)cc2)ccc1Br. The van der Waals surface area contributed by atoms with E-state index in [0.29, 0.717) is 11.8 Å². The molecule has 0 saturated heterocycles. The molecule has 2 aromatic rings. The Morgan fingerprint density at radius 1 is 1.16 bits per heavy atom. The molecular weight excluding hydrogens is 302 g/mol. The molecule has 2 rings (SSSR count). The number of hydrogen-bond acceptors (Lipinski definition) is 2. The second kappa shape index (κ2) is 6.11. The summed E-state index contributed by atoms with van der Waals surface area (Å²) in [5.74, 6) is 0.313. The van der Waals surface area contributed by atoms with Crippen molar-refractivity contribution in [2.75, 3.05) is 5.32 Å². The van der Waals surface area contributed by atoms with Crippen LogP contribution in [0.2, 0.25) is 0 Å². The van der Waals surface area contributed by atoms with E-state index in [1.54, 1.807) is 12.1 Å². The first-order chi connectivity index (χ1) is 9.04. The molecule has 0 heterocycles. The summed E-state index contributed by atoms with van der Waals surface area (Å²) in [5, 5.41) is 12.8. The van der Waals surface area contributed by atoms with Crippen LogP contribution in [-0.4, -0.2) is 11.1 Å². The van der Waals surface area contributed by atoms with Gasteiger partial charge in [0.1, 0.15) is 5.75 Å². The van der Waals surface area contributed by atoms with Crippen molar-refractivity contribution in [2.24, 2.45) is 0 Å². The van der Waals surface area contributed by atoms with E-state index < -0.39 is 0 Å². The van der Waals surface area contributed by atoms with Crippen molar-refractivity contribution in [2.45, 2.75) is 26.3 Å². The summed E-state index contributed by atoms with van der Waals surface area (Å²) in [7, 11) is 0. The summed E-state index contributed by atoms with van der Waals surface area (Å²) in [4.78, 5) is 0. The maximum atomic E-state index is 9.26. The Hall–Kier alpha value is -1.48. The lowest BCUT2D eigenvalue weighted by Crippen LogP contribution is -2.18. The fourth-order valence-electron chi connectivity index (χ4n) is 2.06. The van der Waals surface area contributed by atoms with Gasteiger partial charge >= 0.3 is 0 Å². The highest BCUT2D eigenvalue weighted by Crippen LogP contribution is 2.21. The van der Waals surface area contributed by atoms with Gasteiger partial charge in [0.2, 0.25) is 0 Å². The summed E-state index contributed by atoms with van der Waals surface area (Å²) in [6.07, 6.45) is 0.926. The third kappa shape index (κ3) is 4.00. The van der Waals surface area contributed by atoms with Crippen molar-refractivity contribution in [3.8, 4) is 5.75 Å². The van der Waals surface area contributed by atoms with E-state index in [2.05, 4.69) is 53.3 Å². The van der Waals surface area contributed by atoms with Crippen LogP contribution in [0.25, 0.3) is 0 Å². The van der Waals surface area contributed by atoms with Crippen molar-refractivity contribution < 1.29 is 5.11 Å². The molecule has 2 N–H and O–H groups in total. The fourth-order valence-corrected chi connectivity index (χ4v) is 2.30. The van der Waals surface area contributed by atoms with E-state index in [1.807, 2.05) is 12.1 Å². The highest BCUT2D eigenvalue weighted by molar-refractivity contribution is 9.10. The highest BCUT2D eigenvalue weighted by atomic mass is 79.9. The number of halogens is 1. The molecule has 0 bridgehead atoms. The summed E-state index contributed by atoms with van der Waals surface area (Å²) >= 11 is 3.50. The number of hydrogen-bond donors (Lipinski definition) is 2. The van der Waals surface area contributed by atoms with E-state index in [1.165, 1.54) is 11.1 Å². The van der Waals surface area contributed by atoms with E-state index in [4.69, 9.17) is 0 Å². The Labute approximate surface area is 122 Å². The van der Waals surface area contributed by atoms with E-state index in [-0.39, 0.29) is 0 Å². The molecular formula is C16H18BrNO. The maximum absolute atomic E-state index is 9.26. The van der Waals surface area contributed by atoms with Gasteiger partial charge in [0.05, 0.1) is 0 Å². The first-order valence-corrected chi connectivity index (χ1v) is 7.14. The molecule has 100 valence electrons. The number of benzene rings is 2. The van der Waals surface area contributed by atoms with Crippen LogP contribution in [-0.2, 0) is 6.42 Å². The largest absolute Gasteiger partial charge is 0.508 e. The Morgan fingerprint density at radius 2 is 1.84 bits per heavy atom. The minimum Gasteiger partial charge on any atom is -0.508 e. The predicted octanol–water partition coefficient (Wildman–Crippen LogP) is 4.51. The molecule has 2 nitrogen and oxygen atoms in total. The van der Waals surface area contributed by atoms with Crippen LogP contribution in [0.5, 0.6) is 5.75 Å². The Morgan fingerprint density at radius 3 is 2.47 bits per heavy atom. The molecule has 0 amide bonds. The number of aryl methyl sites for hydroxylation is 1. The molecule has 0 spiro atoms. The van der Waals surface area contributed by atoms with E-state index in [9.17, 15) is 5.11 Å². The molecule has 1 atom stereocenters. The Bertz CT molecular complexity index is 551. The number of phenols is 1. The third-order valence-corrected chi connectivity index (χ3v) is 3.94. The van der Waals surface area contributed by atoms with Crippen LogP contribution >= 0.6 is 15.9 Å². The van der Waals surface area contributed by atoms with Crippen LogP contribution < -0.4 is 5.32 Å². The van der Waals surface area contributed by atoms with Gasteiger partial charge in [0.15, 0.2) is 0 Å². The second-order valence-electron chi connectivity index (χ2n) is 4.88. The zero-order valence-corrected chi connectivity index (χ0v) is 12.7. The van der Waals surface area contributed by atoms with Crippen molar-refractivity contribution >= 4 is 21.6 Å². The van der Waals surface area contributed by atoms with Crippen molar-refractivity contribution in [3.63, 3.8) is 0 Å². The molecule has 2 aromatic carbocycles. The quantitative estimate of drug-likeness (QED) is 0.869. The molecule has 0 aliphatic carbocycles. The molecule has 0 radical (unpaired) electrons. The van der Waals surface area contributed by atoms with Crippen molar-refractivity contribution in [1.29, 1.82) is 0 Å². The normalized spacial score (nSPS) is 12.2. The first-order valence-electron chi connectivity index (χ1n) is 6.35. The molecule has 0 saturated carbocycles. The lowest BCUT2D eigenvalue weighted by atomic mass is 10.1. The van der Waals surface area contributed by atoms with Crippen LogP contribution in [0.15, 0.2) is 46.9 Å². The van der Waals surface area contributed by atoms with Gasteiger partial charge in [-0.05, 0) is 61.7 Å². The molecule has 0 fully saturated rings. The standard InChI is InChI=1S/C16H18BrNO/c1-11-9-14(5-8-16(11)17)18-12(2)10-13-3-6-15(19)7-4-13/h3-9,12,18-19H,10H2,1-2H3. The minimum absolute atomic E-state index is 0.313. The van der Waals surface area contributed by atoms with Gasteiger partial charge in [-0.2, -0.15) is 0 Å². The van der Waals surface area contributed by atoms with Crippen molar-refractivity contribution in [1.82, 2.24) is 0 Å². The lowest BCUT2D eigenvalue weighted by molar-refractivity contribution is 0.475. The first kappa shape index (κ1) is 13.9. The molecule has 0 aliphatic heterocycles. The van der Waals surface area contributed by atoms with Crippen LogP contribution in [0, 0.1) is 6.92 Å². The molecule has 19 heavy (non-hydrogen) atoms. The maximum Gasteiger partial charge on any atom is 0.115 e. The third-order valence-electron chi connectivity index (χ3n) is 3.05. The van der Waals surface area contributed by atoms with Crippen LogP contribution in [0.1, 0.15) is 18.1 Å². The van der Waals surface area contributed by atoms with Gasteiger partial charge < -0.3 is 10.4 Å². The summed E-state index contributed by atoms with van der Waals surface area (Å²) in [6.45, 7) is 4.24. The van der Waals surface area contributed by atoms with Gasteiger partial charge in [-0.15, -0.1) is 0 Å². The number of anilines is 1. The van der Waals surface area contributed by atoms with Gasteiger partial charge in [-0.25, -0.2) is 0 Å². The van der Waals surface area contributed by atoms with E-state index in [0.717, 1.165) is 16.6 Å². The molecule has 3 heteroatoms. The van der Waals surface area contributed by atoms with E-state index >= 15 is 0 Å². The molecule has 1 unspecified atom stereocenters.